The van der Waals surface area contributed by atoms with E-state index in [-0.39, 0.29) is 17.9 Å². The van der Waals surface area contributed by atoms with E-state index in [1.165, 1.54) is 0 Å². The SMILES string of the molecule is CC(C)c1nc(CC(=O)N[C@H](C)c2ccc3c(c2)CC(=O)N3)cs1. The number of aromatic nitrogens is 1. The highest BCUT2D eigenvalue weighted by atomic mass is 32.1. The van der Waals surface area contributed by atoms with Crippen molar-refractivity contribution in [2.45, 2.75) is 45.6 Å². The van der Waals surface area contributed by atoms with Gasteiger partial charge in [-0.15, -0.1) is 11.3 Å². The smallest absolute Gasteiger partial charge is 0.228 e. The highest BCUT2D eigenvalue weighted by Gasteiger charge is 2.19. The van der Waals surface area contributed by atoms with E-state index in [0.29, 0.717) is 18.8 Å². The molecule has 1 aliphatic heterocycles. The molecule has 0 spiro atoms. The first kappa shape index (κ1) is 16.6. The molecular weight excluding hydrogens is 322 g/mol. The maximum Gasteiger partial charge on any atom is 0.228 e. The number of benzene rings is 1. The summed E-state index contributed by atoms with van der Waals surface area (Å²) in [6, 6.07) is 5.71. The lowest BCUT2D eigenvalue weighted by Crippen LogP contribution is -2.28. The zero-order valence-electron chi connectivity index (χ0n) is 14.1. The molecule has 3 rings (SSSR count). The Kier molecular flexibility index (Phi) is 4.66. The Morgan fingerprint density at radius 1 is 1.38 bits per heavy atom. The normalized spacial score (nSPS) is 14.4. The summed E-state index contributed by atoms with van der Waals surface area (Å²) in [7, 11) is 0. The zero-order valence-corrected chi connectivity index (χ0v) is 14.9. The van der Waals surface area contributed by atoms with Crippen LogP contribution in [-0.4, -0.2) is 16.8 Å². The number of carbonyl (C=O) groups excluding carboxylic acids is 2. The number of nitrogens with one attached hydrogen (secondary N) is 2. The molecule has 1 atom stereocenters. The van der Waals surface area contributed by atoms with E-state index in [9.17, 15) is 9.59 Å². The number of nitrogens with zero attached hydrogens (tertiary/aromatic N) is 1. The topological polar surface area (TPSA) is 71.1 Å². The average Bonchev–Trinajstić information content (AvgIpc) is 3.11. The number of hydrogen-bond acceptors (Lipinski definition) is 4. The van der Waals surface area contributed by atoms with E-state index in [0.717, 1.165) is 27.5 Å². The second-order valence-corrected chi connectivity index (χ2v) is 7.33. The summed E-state index contributed by atoms with van der Waals surface area (Å²) in [4.78, 5) is 28.2. The van der Waals surface area contributed by atoms with E-state index in [2.05, 4.69) is 29.5 Å². The number of rotatable bonds is 5. The van der Waals surface area contributed by atoms with Crippen LogP contribution in [0.4, 0.5) is 5.69 Å². The van der Waals surface area contributed by atoms with Gasteiger partial charge in [0.2, 0.25) is 11.8 Å². The van der Waals surface area contributed by atoms with Crippen molar-refractivity contribution in [3.8, 4) is 0 Å². The van der Waals surface area contributed by atoms with Gasteiger partial charge in [0.05, 0.1) is 29.6 Å². The third-order valence-corrected chi connectivity index (χ3v) is 5.23. The summed E-state index contributed by atoms with van der Waals surface area (Å²) in [5, 5.41) is 8.83. The van der Waals surface area contributed by atoms with Crippen LogP contribution < -0.4 is 10.6 Å². The molecule has 0 aliphatic carbocycles. The van der Waals surface area contributed by atoms with Gasteiger partial charge in [0.25, 0.3) is 0 Å². The second kappa shape index (κ2) is 6.73. The lowest BCUT2D eigenvalue weighted by molar-refractivity contribution is -0.121. The largest absolute Gasteiger partial charge is 0.349 e. The molecule has 2 aromatic rings. The number of amides is 2. The van der Waals surface area contributed by atoms with Gasteiger partial charge in [-0.3, -0.25) is 9.59 Å². The van der Waals surface area contributed by atoms with Crippen molar-refractivity contribution < 1.29 is 9.59 Å². The van der Waals surface area contributed by atoms with Crippen LogP contribution >= 0.6 is 11.3 Å². The average molecular weight is 343 g/mol. The fourth-order valence-corrected chi connectivity index (χ4v) is 3.56. The molecular formula is C18H21N3O2S. The molecule has 2 heterocycles. The number of carbonyl (C=O) groups is 2. The van der Waals surface area contributed by atoms with Crippen molar-refractivity contribution in [3.63, 3.8) is 0 Å². The minimum Gasteiger partial charge on any atom is -0.349 e. The van der Waals surface area contributed by atoms with Crippen molar-refractivity contribution >= 4 is 28.8 Å². The first-order valence-electron chi connectivity index (χ1n) is 8.08. The maximum absolute atomic E-state index is 12.2. The molecule has 0 saturated carbocycles. The van der Waals surface area contributed by atoms with Crippen LogP contribution in [0.15, 0.2) is 23.6 Å². The maximum atomic E-state index is 12.2. The molecule has 1 aliphatic rings. The molecule has 0 saturated heterocycles. The molecule has 0 radical (unpaired) electrons. The number of hydrogen-bond donors (Lipinski definition) is 2. The molecule has 0 fully saturated rings. The van der Waals surface area contributed by atoms with Crippen molar-refractivity contribution in [1.82, 2.24) is 10.3 Å². The lowest BCUT2D eigenvalue weighted by Gasteiger charge is -2.15. The third-order valence-electron chi connectivity index (χ3n) is 4.04. The van der Waals surface area contributed by atoms with Gasteiger partial charge in [-0.2, -0.15) is 0 Å². The fourth-order valence-electron chi connectivity index (χ4n) is 2.73. The molecule has 1 aromatic heterocycles. The minimum atomic E-state index is -0.110. The third kappa shape index (κ3) is 3.64. The second-order valence-electron chi connectivity index (χ2n) is 6.44. The first-order valence-corrected chi connectivity index (χ1v) is 8.96. The van der Waals surface area contributed by atoms with Crippen LogP contribution in [0.5, 0.6) is 0 Å². The molecule has 1 aromatic carbocycles. The standard InChI is InChI=1S/C18H21N3O2S/c1-10(2)18-20-14(9-24-18)8-17(23)19-11(3)12-4-5-15-13(6-12)7-16(22)21-15/h4-6,9-11H,7-8H2,1-3H3,(H,19,23)(H,21,22)/t11-/m1/s1. The molecule has 2 amide bonds. The van der Waals surface area contributed by atoms with E-state index >= 15 is 0 Å². The summed E-state index contributed by atoms with van der Waals surface area (Å²) in [6.45, 7) is 6.14. The Morgan fingerprint density at radius 3 is 2.88 bits per heavy atom. The molecule has 0 unspecified atom stereocenters. The molecule has 126 valence electrons. The van der Waals surface area contributed by atoms with Gasteiger partial charge in [0, 0.05) is 17.0 Å². The Bertz CT molecular complexity index is 782. The Hall–Kier alpha value is -2.21. The minimum absolute atomic E-state index is 0.0170. The molecule has 0 bridgehead atoms. The molecule has 2 N–H and O–H groups in total. The van der Waals surface area contributed by atoms with Crippen molar-refractivity contribution in [3.05, 3.63) is 45.4 Å². The fraction of sp³-hybridized carbons (Fsp3) is 0.389. The van der Waals surface area contributed by atoms with E-state index in [1.807, 2.05) is 30.5 Å². The summed E-state index contributed by atoms with van der Waals surface area (Å²) < 4.78 is 0. The van der Waals surface area contributed by atoms with Crippen LogP contribution in [0.2, 0.25) is 0 Å². The number of thiazole rings is 1. The number of fused-ring (bicyclic) bond motifs is 1. The lowest BCUT2D eigenvalue weighted by atomic mass is 10.0. The number of anilines is 1. The van der Waals surface area contributed by atoms with Gasteiger partial charge in [0.15, 0.2) is 0 Å². The monoisotopic (exact) mass is 343 g/mol. The van der Waals surface area contributed by atoms with Crippen LogP contribution in [0.25, 0.3) is 0 Å². The predicted molar refractivity (Wildman–Crippen MR) is 95.2 cm³/mol. The van der Waals surface area contributed by atoms with Crippen LogP contribution in [0.3, 0.4) is 0 Å². The predicted octanol–water partition coefficient (Wildman–Crippen LogP) is 3.18. The summed E-state index contributed by atoms with van der Waals surface area (Å²) in [5.41, 5.74) is 3.67. The van der Waals surface area contributed by atoms with E-state index in [4.69, 9.17) is 0 Å². The molecule has 6 heteroatoms. The summed E-state index contributed by atoms with van der Waals surface area (Å²) in [6.07, 6.45) is 0.694. The van der Waals surface area contributed by atoms with Gasteiger partial charge in [-0.05, 0) is 24.1 Å². The Morgan fingerprint density at radius 2 is 2.17 bits per heavy atom. The van der Waals surface area contributed by atoms with Crippen LogP contribution in [-0.2, 0) is 22.4 Å². The first-order chi connectivity index (χ1) is 11.4. The Labute approximate surface area is 145 Å². The van der Waals surface area contributed by atoms with Crippen LogP contribution in [0.1, 0.15) is 54.6 Å². The van der Waals surface area contributed by atoms with Gasteiger partial charge >= 0.3 is 0 Å². The van der Waals surface area contributed by atoms with Gasteiger partial charge < -0.3 is 10.6 Å². The van der Waals surface area contributed by atoms with Crippen molar-refractivity contribution in [2.24, 2.45) is 0 Å². The highest BCUT2D eigenvalue weighted by Crippen LogP contribution is 2.26. The van der Waals surface area contributed by atoms with E-state index < -0.39 is 0 Å². The van der Waals surface area contributed by atoms with Gasteiger partial charge in [-0.25, -0.2) is 4.98 Å². The molecule has 24 heavy (non-hydrogen) atoms. The van der Waals surface area contributed by atoms with Crippen molar-refractivity contribution in [2.75, 3.05) is 5.32 Å². The molecule has 5 nitrogen and oxygen atoms in total. The van der Waals surface area contributed by atoms with Gasteiger partial charge in [0.1, 0.15) is 0 Å². The quantitative estimate of drug-likeness (QED) is 0.876. The van der Waals surface area contributed by atoms with Gasteiger partial charge in [-0.1, -0.05) is 26.0 Å². The zero-order chi connectivity index (χ0) is 17.3. The van der Waals surface area contributed by atoms with Crippen LogP contribution in [0, 0.1) is 0 Å². The van der Waals surface area contributed by atoms with Crippen molar-refractivity contribution in [1.29, 1.82) is 0 Å². The summed E-state index contributed by atoms with van der Waals surface area (Å²) in [5.74, 6) is 0.356. The van der Waals surface area contributed by atoms with E-state index in [1.54, 1.807) is 11.3 Å². The highest BCUT2D eigenvalue weighted by molar-refractivity contribution is 7.09. The Balaban J connectivity index is 1.62. The summed E-state index contributed by atoms with van der Waals surface area (Å²) >= 11 is 1.60.